The van der Waals surface area contributed by atoms with Crippen LogP contribution in [0.3, 0.4) is 0 Å². The smallest absolute Gasteiger partial charge is 0.0960 e. The molecule has 0 spiro atoms. The molecule has 1 aliphatic rings. The summed E-state index contributed by atoms with van der Waals surface area (Å²) >= 11 is 1.78. The number of hydrogen-bond acceptors (Lipinski definition) is 3. The minimum Gasteiger partial charge on any atom is -0.381 e. The summed E-state index contributed by atoms with van der Waals surface area (Å²) in [5, 5.41) is 13.7. The highest BCUT2D eigenvalue weighted by molar-refractivity contribution is 7.07. The van der Waals surface area contributed by atoms with Gasteiger partial charge in [0.1, 0.15) is 0 Å². The van der Waals surface area contributed by atoms with Gasteiger partial charge >= 0.3 is 0 Å². The van der Waals surface area contributed by atoms with E-state index < -0.39 is 0 Å². The van der Waals surface area contributed by atoms with Crippen molar-refractivity contribution in [3.05, 3.63) is 22.4 Å². The van der Waals surface area contributed by atoms with Gasteiger partial charge in [-0.1, -0.05) is 0 Å². The highest BCUT2D eigenvalue weighted by atomic mass is 32.1. The molecule has 3 heteroatoms. The van der Waals surface area contributed by atoms with Gasteiger partial charge in [0.2, 0.25) is 0 Å². The first-order valence-corrected chi connectivity index (χ1v) is 6.46. The Morgan fingerprint density at radius 2 is 2.40 bits per heavy atom. The van der Waals surface area contributed by atoms with E-state index >= 15 is 0 Å². The fourth-order valence-corrected chi connectivity index (χ4v) is 3.24. The van der Waals surface area contributed by atoms with E-state index in [0.717, 1.165) is 13.0 Å². The van der Waals surface area contributed by atoms with Crippen LogP contribution in [-0.2, 0) is 0 Å². The first-order valence-electron chi connectivity index (χ1n) is 5.51. The molecule has 0 aliphatic carbocycles. The molecule has 2 rings (SSSR count). The zero-order chi connectivity index (χ0) is 10.9. The van der Waals surface area contributed by atoms with Crippen LogP contribution in [0.4, 0.5) is 0 Å². The predicted octanol–water partition coefficient (Wildman–Crippen LogP) is 2.66. The molecule has 1 aromatic rings. The van der Waals surface area contributed by atoms with Gasteiger partial charge in [0, 0.05) is 12.1 Å². The molecule has 2 heterocycles. The second-order valence-corrected chi connectivity index (χ2v) is 5.74. The lowest BCUT2D eigenvalue weighted by Crippen LogP contribution is -2.49. The summed E-state index contributed by atoms with van der Waals surface area (Å²) in [6.45, 7) is 5.64. The average molecular weight is 225 g/mol. The second-order valence-electron chi connectivity index (χ2n) is 4.96. The molecule has 1 atom stereocenters. The van der Waals surface area contributed by atoms with E-state index in [1.807, 2.05) is 0 Å². The number of aliphatic hydroxyl groups excluding tert-OH is 1. The van der Waals surface area contributed by atoms with Crippen LogP contribution in [0.25, 0.3) is 0 Å². The van der Waals surface area contributed by atoms with Gasteiger partial charge in [-0.3, -0.25) is 4.90 Å². The molecule has 84 valence electrons. The highest BCUT2D eigenvalue weighted by Gasteiger charge is 2.34. The minimum atomic E-state index is 0.125. The van der Waals surface area contributed by atoms with Crippen molar-refractivity contribution >= 4 is 11.3 Å². The Morgan fingerprint density at radius 1 is 1.60 bits per heavy atom. The molecule has 15 heavy (non-hydrogen) atoms. The molecular formula is C12H19NOS. The molecule has 1 fully saturated rings. The van der Waals surface area contributed by atoms with Crippen molar-refractivity contribution in [2.75, 3.05) is 13.3 Å². The number of rotatable bonds is 2. The molecular weight excluding hydrogens is 206 g/mol. The summed E-state index contributed by atoms with van der Waals surface area (Å²) in [6.07, 6.45) is 2.31. The molecule has 0 radical (unpaired) electrons. The number of thiophene rings is 1. The molecule has 1 saturated heterocycles. The number of hydrogen-bond donors (Lipinski definition) is 1. The van der Waals surface area contributed by atoms with Crippen LogP contribution in [0.5, 0.6) is 0 Å². The van der Waals surface area contributed by atoms with E-state index in [1.54, 1.807) is 11.3 Å². The van der Waals surface area contributed by atoms with Crippen molar-refractivity contribution in [3.8, 4) is 0 Å². The first kappa shape index (κ1) is 11.1. The monoisotopic (exact) mass is 225 g/mol. The van der Waals surface area contributed by atoms with Gasteiger partial charge in [0.25, 0.3) is 0 Å². The third kappa shape index (κ3) is 2.25. The van der Waals surface area contributed by atoms with Crippen LogP contribution in [0.2, 0.25) is 0 Å². The highest BCUT2D eigenvalue weighted by Crippen LogP contribution is 2.37. The fourth-order valence-electron chi connectivity index (χ4n) is 2.50. The zero-order valence-corrected chi connectivity index (χ0v) is 10.3. The van der Waals surface area contributed by atoms with Gasteiger partial charge in [-0.2, -0.15) is 11.3 Å². The van der Waals surface area contributed by atoms with Crippen LogP contribution in [0, 0.1) is 0 Å². The van der Waals surface area contributed by atoms with Crippen LogP contribution < -0.4 is 0 Å². The van der Waals surface area contributed by atoms with Gasteiger partial charge in [0.05, 0.1) is 6.73 Å². The van der Waals surface area contributed by atoms with Crippen LogP contribution >= 0.6 is 11.3 Å². The molecule has 0 saturated carbocycles. The fraction of sp³-hybridized carbons (Fsp3) is 0.667. The van der Waals surface area contributed by atoms with Gasteiger partial charge in [-0.05, 0) is 55.0 Å². The summed E-state index contributed by atoms with van der Waals surface area (Å²) in [5.74, 6) is 0.675. The van der Waals surface area contributed by atoms with Crippen molar-refractivity contribution in [1.29, 1.82) is 0 Å². The summed E-state index contributed by atoms with van der Waals surface area (Å²) in [5.41, 5.74) is 1.60. The molecule has 0 aromatic carbocycles. The Hall–Kier alpha value is -0.380. The Bertz CT molecular complexity index is 307. The quantitative estimate of drug-likeness (QED) is 0.836. The van der Waals surface area contributed by atoms with E-state index in [4.69, 9.17) is 0 Å². The number of likely N-dealkylation sites (tertiary alicyclic amines) is 1. The third-order valence-corrected chi connectivity index (χ3v) is 4.24. The van der Waals surface area contributed by atoms with Crippen molar-refractivity contribution in [2.45, 2.75) is 38.1 Å². The van der Waals surface area contributed by atoms with Crippen molar-refractivity contribution in [2.24, 2.45) is 0 Å². The normalized spacial score (nSPS) is 26.7. The van der Waals surface area contributed by atoms with E-state index in [-0.39, 0.29) is 12.3 Å². The number of nitrogens with zero attached hydrogens (tertiary/aromatic N) is 1. The van der Waals surface area contributed by atoms with E-state index in [2.05, 4.69) is 35.6 Å². The summed E-state index contributed by atoms with van der Waals surface area (Å²) in [6, 6.07) is 2.24. The van der Waals surface area contributed by atoms with Crippen molar-refractivity contribution < 1.29 is 5.11 Å². The van der Waals surface area contributed by atoms with E-state index in [9.17, 15) is 5.11 Å². The summed E-state index contributed by atoms with van der Waals surface area (Å²) in [7, 11) is 0. The Morgan fingerprint density at radius 3 is 2.93 bits per heavy atom. The van der Waals surface area contributed by atoms with E-state index in [0.29, 0.717) is 5.92 Å². The lowest BCUT2D eigenvalue weighted by atomic mass is 9.80. The molecule has 0 bridgehead atoms. The predicted molar refractivity (Wildman–Crippen MR) is 64.2 cm³/mol. The maximum absolute atomic E-state index is 9.27. The van der Waals surface area contributed by atoms with Gasteiger partial charge in [-0.25, -0.2) is 0 Å². The summed E-state index contributed by atoms with van der Waals surface area (Å²) in [4.78, 5) is 2.16. The molecule has 1 aliphatic heterocycles. The standard InChI is InChI=1S/C12H19NOS/c1-12(2)7-10(3-5-13(12)9-14)11-4-6-15-8-11/h4,6,8,10,14H,3,5,7,9H2,1-2H3. The Balaban J connectivity index is 2.09. The van der Waals surface area contributed by atoms with Crippen molar-refractivity contribution in [1.82, 2.24) is 4.90 Å². The maximum Gasteiger partial charge on any atom is 0.0960 e. The molecule has 0 amide bonds. The number of piperidine rings is 1. The molecule has 1 aromatic heterocycles. The second kappa shape index (κ2) is 4.24. The SMILES string of the molecule is CC1(C)CC(c2ccsc2)CCN1CO. The molecule has 1 unspecified atom stereocenters. The van der Waals surface area contributed by atoms with Gasteiger partial charge < -0.3 is 5.11 Å². The van der Waals surface area contributed by atoms with Crippen LogP contribution in [-0.4, -0.2) is 28.8 Å². The lowest BCUT2D eigenvalue weighted by Gasteiger charge is -2.44. The lowest BCUT2D eigenvalue weighted by molar-refractivity contribution is -0.00812. The first-order chi connectivity index (χ1) is 7.13. The average Bonchev–Trinajstić information content (AvgIpc) is 2.69. The van der Waals surface area contributed by atoms with E-state index in [1.165, 1.54) is 12.0 Å². The Labute approximate surface area is 95.5 Å². The zero-order valence-electron chi connectivity index (χ0n) is 9.44. The van der Waals surface area contributed by atoms with Gasteiger partial charge in [-0.15, -0.1) is 0 Å². The maximum atomic E-state index is 9.27. The largest absolute Gasteiger partial charge is 0.381 e. The van der Waals surface area contributed by atoms with Crippen LogP contribution in [0.1, 0.15) is 38.2 Å². The topological polar surface area (TPSA) is 23.5 Å². The summed E-state index contributed by atoms with van der Waals surface area (Å²) < 4.78 is 0. The molecule has 2 nitrogen and oxygen atoms in total. The molecule has 1 N–H and O–H groups in total. The number of aliphatic hydroxyl groups is 1. The van der Waals surface area contributed by atoms with Crippen LogP contribution in [0.15, 0.2) is 16.8 Å². The Kier molecular flexibility index (Phi) is 3.14. The van der Waals surface area contributed by atoms with Crippen molar-refractivity contribution in [3.63, 3.8) is 0 Å². The third-order valence-electron chi connectivity index (χ3n) is 3.53. The van der Waals surface area contributed by atoms with Gasteiger partial charge in [0.15, 0.2) is 0 Å². The minimum absolute atomic E-state index is 0.125.